The van der Waals surface area contributed by atoms with Gasteiger partial charge in [-0.1, -0.05) is 29.4 Å². The van der Waals surface area contributed by atoms with Gasteiger partial charge in [0.1, 0.15) is 18.2 Å². The predicted octanol–water partition coefficient (Wildman–Crippen LogP) is 4.38. The van der Waals surface area contributed by atoms with Crippen molar-refractivity contribution in [3.63, 3.8) is 0 Å². The Kier molecular flexibility index (Phi) is 7.82. The summed E-state index contributed by atoms with van der Waals surface area (Å²) in [6.45, 7) is 7.23. The predicted molar refractivity (Wildman–Crippen MR) is 131 cm³/mol. The first-order valence-corrected chi connectivity index (χ1v) is 11.6. The minimum atomic E-state index is -0.190. The maximum Gasteiger partial charge on any atom is 0.246 e. The summed E-state index contributed by atoms with van der Waals surface area (Å²) < 4.78 is 30.5. The van der Waals surface area contributed by atoms with Crippen molar-refractivity contribution in [2.75, 3.05) is 33.3 Å². The number of hydrogen-bond acceptors (Lipinski definition) is 6. The highest BCUT2D eigenvalue weighted by atomic mass is 19.1. The first-order valence-electron chi connectivity index (χ1n) is 11.6. The molecule has 1 aliphatic heterocycles. The molecule has 0 radical (unpaired) electrons. The Balaban J connectivity index is 1.31. The molecule has 3 aromatic rings. The van der Waals surface area contributed by atoms with Crippen LogP contribution in [0.25, 0.3) is 6.08 Å². The van der Waals surface area contributed by atoms with Crippen molar-refractivity contribution in [2.45, 2.75) is 27.0 Å². The van der Waals surface area contributed by atoms with E-state index < -0.39 is 0 Å². The molecule has 1 aromatic heterocycles. The summed E-state index contributed by atoms with van der Waals surface area (Å²) in [5.41, 5.74) is 3.22. The average Bonchev–Trinajstić information content (AvgIpc) is 3.20. The fraction of sp³-hybridized carbons (Fsp3) is 0.333. The first-order chi connectivity index (χ1) is 16.9. The normalized spacial score (nSPS) is 14.5. The van der Waals surface area contributed by atoms with Crippen LogP contribution in [-0.4, -0.2) is 54.2 Å². The van der Waals surface area contributed by atoms with Gasteiger partial charge in [-0.05, 0) is 43.7 Å². The van der Waals surface area contributed by atoms with Gasteiger partial charge in [0.05, 0.1) is 18.4 Å². The molecule has 8 heteroatoms. The van der Waals surface area contributed by atoms with Gasteiger partial charge >= 0.3 is 0 Å². The van der Waals surface area contributed by atoms with Crippen molar-refractivity contribution in [3.05, 3.63) is 82.5 Å². The summed E-state index contributed by atoms with van der Waals surface area (Å²) >= 11 is 0. The molecule has 1 amide bonds. The molecule has 2 aromatic carbocycles. The van der Waals surface area contributed by atoms with Crippen LogP contribution in [0, 0.1) is 19.7 Å². The van der Waals surface area contributed by atoms with Crippen LogP contribution >= 0.6 is 0 Å². The number of amides is 1. The Morgan fingerprint density at radius 2 is 1.89 bits per heavy atom. The fourth-order valence-electron chi connectivity index (χ4n) is 4.03. The number of piperazine rings is 1. The molecule has 0 aliphatic carbocycles. The van der Waals surface area contributed by atoms with Crippen molar-refractivity contribution in [1.82, 2.24) is 15.0 Å². The molecule has 0 saturated carbocycles. The minimum absolute atomic E-state index is 0.0479. The summed E-state index contributed by atoms with van der Waals surface area (Å²) in [6, 6.07) is 12.3. The highest BCUT2D eigenvalue weighted by molar-refractivity contribution is 5.92. The van der Waals surface area contributed by atoms with E-state index in [4.69, 9.17) is 14.0 Å². The molecule has 184 valence electrons. The second kappa shape index (κ2) is 11.2. The number of ether oxygens (including phenoxy) is 2. The van der Waals surface area contributed by atoms with Gasteiger partial charge in [-0.2, -0.15) is 0 Å². The second-order valence-electron chi connectivity index (χ2n) is 8.53. The second-order valence-corrected chi connectivity index (χ2v) is 8.53. The molecule has 1 fully saturated rings. The number of rotatable bonds is 8. The van der Waals surface area contributed by atoms with Crippen LogP contribution in [0.2, 0.25) is 0 Å². The van der Waals surface area contributed by atoms with Crippen LogP contribution in [0.3, 0.4) is 0 Å². The standard InChI is InChI=1S/C27H30FN3O4/c1-19-23(20(2)35-29-19)18-34-25-10-8-21(16-26(25)33-3)9-11-27(32)31-14-12-30(13-15-31)17-22-6-4-5-7-24(22)28/h4-11,16H,12-15,17-18H2,1-3H3/b11-9+. The summed E-state index contributed by atoms with van der Waals surface area (Å²) in [7, 11) is 1.58. The molecular weight excluding hydrogens is 449 g/mol. The number of carbonyl (C=O) groups is 1. The highest BCUT2D eigenvalue weighted by Crippen LogP contribution is 2.30. The number of aromatic nitrogens is 1. The van der Waals surface area contributed by atoms with Crippen LogP contribution in [-0.2, 0) is 17.9 Å². The van der Waals surface area contributed by atoms with Crippen molar-refractivity contribution < 1.29 is 23.2 Å². The molecule has 1 saturated heterocycles. The molecular formula is C27H30FN3O4. The lowest BCUT2D eigenvalue weighted by Crippen LogP contribution is -2.47. The third-order valence-corrected chi connectivity index (χ3v) is 6.20. The molecule has 0 unspecified atom stereocenters. The molecule has 0 atom stereocenters. The van der Waals surface area contributed by atoms with Crippen molar-refractivity contribution in [2.24, 2.45) is 0 Å². The molecule has 0 N–H and O–H groups in total. The Bertz CT molecular complexity index is 1180. The monoisotopic (exact) mass is 479 g/mol. The van der Waals surface area contributed by atoms with E-state index in [2.05, 4.69) is 10.1 Å². The quantitative estimate of drug-likeness (QED) is 0.447. The minimum Gasteiger partial charge on any atom is -0.493 e. The zero-order chi connectivity index (χ0) is 24.8. The average molecular weight is 480 g/mol. The van der Waals surface area contributed by atoms with E-state index in [-0.39, 0.29) is 11.7 Å². The molecule has 2 heterocycles. The van der Waals surface area contributed by atoms with Gasteiger partial charge in [0.25, 0.3) is 0 Å². The summed E-state index contributed by atoms with van der Waals surface area (Å²) in [4.78, 5) is 16.7. The first kappa shape index (κ1) is 24.5. The van der Waals surface area contributed by atoms with Crippen molar-refractivity contribution >= 4 is 12.0 Å². The van der Waals surface area contributed by atoms with E-state index in [0.29, 0.717) is 56.4 Å². The Labute approximate surface area is 204 Å². The fourth-order valence-corrected chi connectivity index (χ4v) is 4.03. The maximum absolute atomic E-state index is 13.9. The molecule has 0 spiro atoms. The van der Waals surface area contributed by atoms with E-state index in [1.165, 1.54) is 6.07 Å². The number of halogens is 1. The number of benzene rings is 2. The van der Waals surface area contributed by atoms with Gasteiger partial charge in [-0.15, -0.1) is 0 Å². The number of hydrogen-bond donors (Lipinski definition) is 0. The third-order valence-electron chi connectivity index (χ3n) is 6.20. The van der Waals surface area contributed by atoms with E-state index in [1.807, 2.05) is 43.0 Å². The summed E-state index contributed by atoms with van der Waals surface area (Å²) in [6.07, 6.45) is 3.35. The SMILES string of the molecule is COc1cc(/C=C/C(=O)N2CCN(Cc3ccccc3F)CC2)ccc1OCc1c(C)noc1C. The van der Waals surface area contributed by atoms with E-state index in [1.54, 1.807) is 31.4 Å². The third kappa shape index (κ3) is 6.08. The summed E-state index contributed by atoms with van der Waals surface area (Å²) in [5.74, 6) is 1.67. The Morgan fingerprint density at radius 1 is 1.11 bits per heavy atom. The molecule has 35 heavy (non-hydrogen) atoms. The van der Waals surface area contributed by atoms with Crippen LogP contribution < -0.4 is 9.47 Å². The van der Waals surface area contributed by atoms with Crippen molar-refractivity contribution in [1.29, 1.82) is 0 Å². The molecule has 1 aliphatic rings. The van der Waals surface area contributed by atoms with Crippen LogP contribution in [0.15, 0.2) is 53.1 Å². The van der Waals surface area contributed by atoms with Gasteiger partial charge in [0.15, 0.2) is 11.5 Å². The summed E-state index contributed by atoms with van der Waals surface area (Å²) in [5, 5.41) is 3.94. The highest BCUT2D eigenvalue weighted by Gasteiger charge is 2.20. The van der Waals surface area contributed by atoms with Gasteiger partial charge in [-0.3, -0.25) is 9.69 Å². The van der Waals surface area contributed by atoms with Crippen LogP contribution in [0.4, 0.5) is 4.39 Å². The molecule has 0 bridgehead atoms. The molecule has 7 nitrogen and oxygen atoms in total. The van der Waals surface area contributed by atoms with E-state index in [0.717, 1.165) is 22.6 Å². The largest absolute Gasteiger partial charge is 0.493 e. The smallest absolute Gasteiger partial charge is 0.246 e. The van der Waals surface area contributed by atoms with E-state index >= 15 is 0 Å². The van der Waals surface area contributed by atoms with Gasteiger partial charge in [0, 0.05) is 44.4 Å². The zero-order valence-corrected chi connectivity index (χ0v) is 20.3. The topological polar surface area (TPSA) is 68.0 Å². The number of nitrogens with zero attached hydrogens (tertiary/aromatic N) is 3. The van der Waals surface area contributed by atoms with Gasteiger partial charge in [-0.25, -0.2) is 4.39 Å². The van der Waals surface area contributed by atoms with E-state index in [9.17, 15) is 9.18 Å². The lowest BCUT2D eigenvalue weighted by Gasteiger charge is -2.34. The van der Waals surface area contributed by atoms with Gasteiger partial charge in [0.2, 0.25) is 5.91 Å². The van der Waals surface area contributed by atoms with Crippen molar-refractivity contribution in [3.8, 4) is 11.5 Å². The number of carbonyl (C=O) groups excluding carboxylic acids is 1. The van der Waals surface area contributed by atoms with Crippen LogP contribution in [0.1, 0.15) is 28.1 Å². The Morgan fingerprint density at radius 3 is 2.57 bits per heavy atom. The lowest BCUT2D eigenvalue weighted by atomic mass is 10.1. The maximum atomic E-state index is 13.9. The van der Waals surface area contributed by atoms with Gasteiger partial charge < -0.3 is 18.9 Å². The molecule has 4 rings (SSSR count). The number of methoxy groups -OCH3 is 1. The Hall–Kier alpha value is -3.65. The zero-order valence-electron chi connectivity index (χ0n) is 20.3. The van der Waals surface area contributed by atoms with Crippen LogP contribution in [0.5, 0.6) is 11.5 Å². The lowest BCUT2D eigenvalue weighted by molar-refractivity contribution is -0.127. The number of aryl methyl sites for hydroxylation is 2.